The Kier molecular flexibility index (Phi) is 5.66. The van der Waals surface area contributed by atoms with Crippen LogP contribution in [0.15, 0.2) is 67.3 Å². The number of benzene rings is 2. The molecule has 2 aromatic heterocycles. The second kappa shape index (κ2) is 8.79. The van der Waals surface area contributed by atoms with E-state index in [4.69, 9.17) is 9.47 Å². The molecular formula is C24H23N5O4S. The first-order valence-electron chi connectivity index (χ1n) is 10.6. The maximum absolute atomic E-state index is 12.6. The Morgan fingerprint density at radius 2 is 1.97 bits per heavy atom. The van der Waals surface area contributed by atoms with Gasteiger partial charge >= 0.3 is 0 Å². The van der Waals surface area contributed by atoms with Crippen molar-refractivity contribution in [3.05, 3.63) is 84.1 Å². The predicted molar refractivity (Wildman–Crippen MR) is 127 cm³/mol. The number of imidazole rings is 1. The van der Waals surface area contributed by atoms with Crippen molar-refractivity contribution in [2.24, 2.45) is 0 Å². The van der Waals surface area contributed by atoms with Crippen LogP contribution in [0.25, 0.3) is 5.69 Å². The summed E-state index contributed by atoms with van der Waals surface area (Å²) < 4.78 is 38.8. The van der Waals surface area contributed by atoms with Crippen molar-refractivity contribution in [3.63, 3.8) is 0 Å². The monoisotopic (exact) mass is 477 g/mol. The van der Waals surface area contributed by atoms with Crippen molar-refractivity contribution in [1.29, 1.82) is 0 Å². The summed E-state index contributed by atoms with van der Waals surface area (Å²) in [7, 11) is -1.79. The van der Waals surface area contributed by atoms with Gasteiger partial charge in [0, 0.05) is 29.7 Å². The smallest absolute Gasteiger partial charge is 0.230 e. The Hall–Kier alpha value is -3.92. The number of anilines is 2. The Morgan fingerprint density at radius 1 is 1.15 bits per heavy atom. The van der Waals surface area contributed by atoms with E-state index in [1.54, 1.807) is 13.4 Å². The minimum atomic E-state index is -3.39. The van der Waals surface area contributed by atoms with Gasteiger partial charge in [-0.05, 0) is 24.6 Å². The normalized spacial score (nSPS) is 16.7. The quantitative estimate of drug-likeness (QED) is 0.463. The molecule has 0 fully saturated rings. The first-order valence-corrected chi connectivity index (χ1v) is 12.5. The Balaban J connectivity index is 1.44. The lowest BCUT2D eigenvalue weighted by molar-refractivity contribution is 0.220. The highest BCUT2D eigenvalue weighted by Crippen LogP contribution is 2.33. The number of rotatable bonds is 5. The minimum absolute atomic E-state index is 0.122. The van der Waals surface area contributed by atoms with Gasteiger partial charge in [0.1, 0.15) is 11.9 Å². The van der Waals surface area contributed by atoms with Crippen LogP contribution in [-0.4, -0.2) is 40.8 Å². The highest BCUT2D eigenvalue weighted by molar-refractivity contribution is 7.90. The molecule has 5 rings (SSSR count). The van der Waals surface area contributed by atoms with Crippen molar-refractivity contribution in [3.8, 4) is 17.3 Å². The van der Waals surface area contributed by atoms with E-state index in [9.17, 15) is 8.42 Å². The van der Waals surface area contributed by atoms with Gasteiger partial charge < -0.3 is 19.4 Å². The average molecular weight is 478 g/mol. The van der Waals surface area contributed by atoms with Gasteiger partial charge in [-0.25, -0.2) is 18.4 Å². The highest BCUT2D eigenvalue weighted by atomic mass is 32.2. The molecule has 0 saturated carbocycles. The van der Waals surface area contributed by atoms with E-state index in [1.807, 2.05) is 66.2 Å². The van der Waals surface area contributed by atoms with Gasteiger partial charge in [0.25, 0.3) is 0 Å². The Labute approximate surface area is 197 Å². The molecule has 1 aliphatic rings. The van der Waals surface area contributed by atoms with Crippen LogP contribution >= 0.6 is 0 Å². The number of hydrogen-bond acceptors (Lipinski definition) is 8. The average Bonchev–Trinajstić information content (AvgIpc) is 3.20. The molecule has 0 radical (unpaired) electrons. The van der Waals surface area contributed by atoms with E-state index in [0.29, 0.717) is 17.0 Å². The highest BCUT2D eigenvalue weighted by Gasteiger charge is 2.30. The molecule has 34 heavy (non-hydrogen) atoms. The lowest BCUT2D eigenvalue weighted by Crippen LogP contribution is -2.17. The third-order valence-corrected chi connectivity index (χ3v) is 7.02. The van der Waals surface area contributed by atoms with Crippen LogP contribution in [-0.2, 0) is 15.6 Å². The zero-order valence-corrected chi connectivity index (χ0v) is 19.5. The van der Waals surface area contributed by atoms with Gasteiger partial charge in [-0.3, -0.25) is 0 Å². The number of hydrogen-bond donors (Lipinski definition) is 1. The summed E-state index contributed by atoms with van der Waals surface area (Å²) in [5.41, 5.74) is 3.67. The zero-order chi connectivity index (χ0) is 23.7. The maximum Gasteiger partial charge on any atom is 0.230 e. The SMILES string of the molecule is COc1cc(Nc2ncc3c(n2)OC(c2ccccc2)CS(=O)(=O)C3)ccc1-n1cnc(C)c1. The standard InChI is InChI=1S/C24H23N5O4S/c1-16-12-29(15-26-16)20-9-8-19(10-21(20)32-2)27-24-25-11-18-13-34(30,31)14-22(33-23(18)28-24)17-6-4-3-5-7-17/h3-12,15,22H,13-14H2,1-2H3,(H,25,27,28). The van der Waals surface area contributed by atoms with Crippen molar-refractivity contribution < 1.29 is 17.9 Å². The number of sulfone groups is 1. The first kappa shape index (κ1) is 21.9. The van der Waals surface area contributed by atoms with Crippen LogP contribution in [0.3, 0.4) is 0 Å². The summed E-state index contributed by atoms with van der Waals surface area (Å²) in [6.07, 6.45) is 4.49. The van der Waals surface area contributed by atoms with Crippen LogP contribution in [0, 0.1) is 6.92 Å². The van der Waals surface area contributed by atoms with Gasteiger partial charge in [0.05, 0.1) is 36.3 Å². The Morgan fingerprint density at radius 3 is 2.71 bits per heavy atom. The number of methoxy groups -OCH3 is 1. The predicted octanol–water partition coefficient (Wildman–Crippen LogP) is 3.77. The molecule has 4 aromatic rings. The van der Waals surface area contributed by atoms with Gasteiger partial charge in [-0.15, -0.1) is 0 Å². The number of nitrogens with one attached hydrogen (secondary N) is 1. The summed E-state index contributed by atoms with van der Waals surface area (Å²) >= 11 is 0. The van der Waals surface area contributed by atoms with E-state index >= 15 is 0 Å². The van der Waals surface area contributed by atoms with Crippen LogP contribution in [0.1, 0.15) is 22.9 Å². The molecule has 1 aliphatic heterocycles. The molecule has 0 spiro atoms. The third kappa shape index (κ3) is 4.58. The topological polar surface area (TPSA) is 108 Å². The fraction of sp³-hybridized carbons (Fsp3) is 0.208. The molecule has 0 aliphatic carbocycles. The first-order chi connectivity index (χ1) is 16.4. The molecule has 10 heteroatoms. The Bertz CT molecular complexity index is 1440. The summed E-state index contributed by atoms with van der Waals surface area (Å²) in [6, 6.07) is 14.9. The summed E-state index contributed by atoms with van der Waals surface area (Å²) in [6.45, 7) is 1.92. The van der Waals surface area contributed by atoms with Crippen molar-refractivity contribution in [2.45, 2.75) is 18.8 Å². The molecule has 1 N–H and O–H groups in total. The van der Waals surface area contributed by atoms with Crippen molar-refractivity contribution in [1.82, 2.24) is 19.5 Å². The van der Waals surface area contributed by atoms with Gasteiger partial charge in [-0.1, -0.05) is 30.3 Å². The maximum atomic E-state index is 12.6. The second-order valence-electron chi connectivity index (χ2n) is 8.03. The van der Waals surface area contributed by atoms with E-state index in [2.05, 4.69) is 20.3 Å². The number of fused-ring (bicyclic) bond motifs is 1. The molecule has 0 bridgehead atoms. The molecule has 0 saturated heterocycles. The lowest BCUT2D eigenvalue weighted by Gasteiger charge is -2.17. The van der Waals surface area contributed by atoms with Gasteiger partial charge in [0.15, 0.2) is 9.84 Å². The van der Waals surface area contributed by atoms with E-state index in [0.717, 1.165) is 16.9 Å². The largest absolute Gasteiger partial charge is 0.494 e. The number of aryl methyl sites for hydroxylation is 1. The number of ether oxygens (including phenoxy) is 2. The summed E-state index contributed by atoms with van der Waals surface area (Å²) in [5.74, 6) is 0.896. The molecule has 0 amide bonds. The molecule has 9 nitrogen and oxygen atoms in total. The number of nitrogens with zero attached hydrogens (tertiary/aromatic N) is 4. The zero-order valence-electron chi connectivity index (χ0n) is 18.7. The summed E-state index contributed by atoms with van der Waals surface area (Å²) in [4.78, 5) is 13.1. The minimum Gasteiger partial charge on any atom is -0.494 e. The van der Waals surface area contributed by atoms with E-state index < -0.39 is 15.9 Å². The van der Waals surface area contributed by atoms with Crippen LogP contribution in [0.5, 0.6) is 11.6 Å². The molecule has 1 unspecified atom stereocenters. The van der Waals surface area contributed by atoms with Crippen LogP contribution in [0.4, 0.5) is 11.6 Å². The van der Waals surface area contributed by atoms with Gasteiger partial charge in [0.2, 0.25) is 11.8 Å². The van der Waals surface area contributed by atoms with E-state index in [1.165, 1.54) is 6.20 Å². The molecule has 174 valence electrons. The molecule has 3 heterocycles. The molecule has 1 atom stereocenters. The van der Waals surface area contributed by atoms with Crippen molar-refractivity contribution >= 4 is 21.5 Å². The molecular weight excluding hydrogens is 454 g/mol. The third-order valence-electron chi connectivity index (χ3n) is 5.46. The lowest BCUT2D eigenvalue weighted by atomic mass is 10.1. The summed E-state index contributed by atoms with van der Waals surface area (Å²) in [5, 5.41) is 3.15. The van der Waals surface area contributed by atoms with Crippen LogP contribution in [0.2, 0.25) is 0 Å². The van der Waals surface area contributed by atoms with Gasteiger partial charge in [-0.2, -0.15) is 4.98 Å². The second-order valence-corrected chi connectivity index (χ2v) is 10.1. The fourth-order valence-corrected chi connectivity index (χ4v) is 5.34. The fourth-order valence-electron chi connectivity index (χ4n) is 3.83. The number of aromatic nitrogens is 4. The van der Waals surface area contributed by atoms with Crippen molar-refractivity contribution in [2.75, 3.05) is 18.2 Å². The van der Waals surface area contributed by atoms with Crippen LogP contribution < -0.4 is 14.8 Å². The molecule has 2 aromatic carbocycles. The van der Waals surface area contributed by atoms with E-state index in [-0.39, 0.29) is 23.3 Å².